The van der Waals surface area contributed by atoms with Crippen molar-refractivity contribution in [1.82, 2.24) is 9.80 Å². The summed E-state index contributed by atoms with van der Waals surface area (Å²) >= 11 is 0. The number of nitrogens with zero attached hydrogens (tertiary/aromatic N) is 2. The van der Waals surface area contributed by atoms with Crippen molar-refractivity contribution in [2.45, 2.75) is 33.3 Å². The normalized spacial score (nSPS) is 17.6. The molecule has 1 aliphatic rings. The summed E-state index contributed by atoms with van der Waals surface area (Å²) in [6, 6.07) is 7.86. The molecule has 0 saturated carbocycles. The number of rotatable bonds is 5. The monoisotopic (exact) mass is 290 g/mol. The second-order valence-corrected chi connectivity index (χ2v) is 5.54. The van der Waals surface area contributed by atoms with Crippen LogP contribution < -0.4 is 4.74 Å². The fourth-order valence-electron chi connectivity index (χ4n) is 2.64. The minimum absolute atomic E-state index is 0.122. The van der Waals surface area contributed by atoms with Gasteiger partial charge in [-0.25, -0.2) is 0 Å². The van der Waals surface area contributed by atoms with Crippen molar-refractivity contribution in [3.05, 3.63) is 29.8 Å². The van der Waals surface area contributed by atoms with Gasteiger partial charge in [0.05, 0.1) is 0 Å². The molecule has 1 aromatic carbocycles. The van der Waals surface area contributed by atoms with Crippen molar-refractivity contribution in [3.63, 3.8) is 0 Å². The van der Waals surface area contributed by atoms with Crippen LogP contribution in [-0.2, 0) is 4.79 Å². The van der Waals surface area contributed by atoms with Crippen LogP contribution >= 0.6 is 0 Å². The number of likely N-dealkylation sites (N-methyl/N-ethyl adjacent to an activating group) is 1. The molecule has 1 saturated heterocycles. The Bertz CT molecular complexity index is 468. The number of carbonyl (C=O) groups excluding carboxylic acids is 1. The Morgan fingerprint density at radius 3 is 2.43 bits per heavy atom. The van der Waals surface area contributed by atoms with Gasteiger partial charge in [0, 0.05) is 26.2 Å². The third-order valence-electron chi connectivity index (χ3n) is 4.14. The first-order valence-corrected chi connectivity index (χ1v) is 7.89. The molecule has 1 amide bonds. The van der Waals surface area contributed by atoms with Crippen molar-refractivity contribution in [2.24, 2.45) is 0 Å². The lowest BCUT2D eigenvalue weighted by atomic mass is 10.2. The van der Waals surface area contributed by atoms with Crippen molar-refractivity contribution in [3.8, 4) is 5.75 Å². The molecule has 1 aromatic rings. The SMILES string of the molecule is CC[C@@H](Oc1ccccc1C)C(=O)N1CCN(CC)CC1. The number of ether oxygens (including phenoxy) is 1. The van der Waals surface area contributed by atoms with Crippen LogP contribution in [0.5, 0.6) is 5.75 Å². The maximum Gasteiger partial charge on any atom is 0.263 e. The predicted octanol–water partition coefficient (Wildman–Crippen LogP) is 2.32. The fourth-order valence-corrected chi connectivity index (χ4v) is 2.64. The van der Waals surface area contributed by atoms with Crippen LogP contribution in [0.25, 0.3) is 0 Å². The van der Waals surface area contributed by atoms with Gasteiger partial charge in [0.25, 0.3) is 5.91 Å². The van der Waals surface area contributed by atoms with E-state index in [1.165, 1.54) is 0 Å². The first kappa shape index (κ1) is 15.8. The van der Waals surface area contributed by atoms with Gasteiger partial charge in [0.2, 0.25) is 0 Å². The molecule has 4 nitrogen and oxygen atoms in total. The molecule has 0 aliphatic carbocycles. The molecule has 0 spiro atoms. The summed E-state index contributed by atoms with van der Waals surface area (Å²) in [5.74, 6) is 0.932. The zero-order chi connectivity index (χ0) is 15.2. The summed E-state index contributed by atoms with van der Waals surface area (Å²) < 4.78 is 5.96. The summed E-state index contributed by atoms with van der Waals surface area (Å²) in [7, 11) is 0. The lowest BCUT2D eigenvalue weighted by Crippen LogP contribution is -2.52. The number of benzene rings is 1. The Balaban J connectivity index is 1.98. The smallest absolute Gasteiger partial charge is 0.263 e. The Morgan fingerprint density at radius 2 is 1.86 bits per heavy atom. The van der Waals surface area contributed by atoms with E-state index < -0.39 is 0 Å². The topological polar surface area (TPSA) is 32.8 Å². The summed E-state index contributed by atoms with van der Waals surface area (Å²) in [6.45, 7) is 10.8. The van der Waals surface area contributed by atoms with Crippen molar-refractivity contribution in [1.29, 1.82) is 0 Å². The summed E-state index contributed by atoms with van der Waals surface area (Å²) in [5.41, 5.74) is 1.07. The maximum atomic E-state index is 12.6. The molecular weight excluding hydrogens is 264 g/mol. The van der Waals surface area contributed by atoms with E-state index >= 15 is 0 Å². The van der Waals surface area contributed by atoms with E-state index in [-0.39, 0.29) is 12.0 Å². The van der Waals surface area contributed by atoms with Crippen LogP contribution in [0.3, 0.4) is 0 Å². The van der Waals surface area contributed by atoms with E-state index in [4.69, 9.17) is 4.74 Å². The molecule has 1 aliphatic heterocycles. The van der Waals surface area contributed by atoms with Crippen LogP contribution in [0.4, 0.5) is 0 Å². The first-order valence-electron chi connectivity index (χ1n) is 7.89. The zero-order valence-corrected chi connectivity index (χ0v) is 13.3. The number of para-hydroxylation sites is 1. The molecule has 1 heterocycles. The zero-order valence-electron chi connectivity index (χ0n) is 13.3. The summed E-state index contributed by atoms with van der Waals surface area (Å²) in [4.78, 5) is 16.9. The first-order chi connectivity index (χ1) is 10.2. The van der Waals surface area contributed by atoms with Crippen molar-refractivity contribution in [2.75, 3.05) is 32.7 Å². The number of piperazine rings is 1. The third kappa shape index (κ3) is 3.97. The van der Waals surface area contributed by atoms with E-state index in [0.717, 1.165) is 44.0 Å². The molecule has 0 aromatic heterocycles. The van der Waals surface area contributed by atoms with E-state index in [1.807, 2.05) is 43.0 Å². The number of hydrogen-bond acceptors (Lipinski definition) is 3. The molecule has 0 N–H and O–H groups in total. The van der Waals surface area contributed by atoms with Gasteiger partial charge >= 0.3 is 0 Å². The van der Waals surface area contributed by atoms with E-state index in [2.05, 4.69) is 11.8 Å². The lowest BCUT2D eigenvalue weighted by molar-refractivity contribution is -0.140. The van der Waals surface area contributed by atoms with Gasteiger partial charge in [-0.3, -0.25) is 4.79 Å². The highest BCUT2D eigenvalue weighted by Gasteiger charge is 2.27. The number of carbonyl (C=O) groups is 1. The Morgan fingerprint density at radius 1 is 1.19 bits per heavy atom. The Hall–Kier alpha value is -1.55. The molecule has 0 bridgehead atoms. The van der Waals surface area contributed by atoms with E-state index in [9.17, 15) is 4.79 Å². The van der Waals surface area contributed by atoms with Gasteiger partial charge < -0.3 is 14.5 Å². The van der Waals surface area contributed by atoms with Crippen LogP contribution in [0.15, 0.2) is 24.3 Å². The van der Waals surface area contributed by atoms with Gasteiger partial charge in [-0.2, -0.15) is 0 Å². The Labute approximate surface area is 127 Å². The highest BCUT2D eigenvalue weighted by atomic mass is 16.5. The molecule has 116 valence electrons. The van der Waals surface area contributed by atoms with Gasteiger partial charge in [-0.1, -0.05) is 32.0 Å². The molecule has 0 unspecified atom stereocenters. The highest BCUT2D eigenvalue weighted by molar-refractivity contribution is 5.81. The second kappa shape index (κ2) is 7.46. The average Bonchev–Trinajstić information content (AvgIpc) is 2.53. The van der Waals surface area contributed by atoms with Gasteiger partial charge in [0.15, 0.2) is 6.10 Å². The lowest BCUT2D eigenvalue weighted by Gasteiger charge is -2.35. The summed E-state index contributed by atoms with van der Waals surface area (Å²) in [6.07, 6.45) is 0.320. The van der Waals surface area contributed by atoms with Crippen molar-refractivity contribution < 1.29 is 9.53 Å². The van der Waals surface area contributed by atoms with Crippen molar-refractivity contribution >= 4 is 5.91 Å². The van der Waals surface area contributed by atoms with Gasteiger partial charge in [0.1, 0.15) is 5.75 Å². The minimum Gasteiger partial charge on any atom is -0.480 e. The predicted molar refractivity (Wildman–Crippen MR) is 84.6 cm³/mol. The maximum absolute atomic E-state index is 12.6. The van der Waals surface area contributed by atoms with Crippen LogP contribution in [0.1, 0.15) is 25.8 Å². The molecule has 1 fully saturated rings. The standard InChI is InChI=1S/C17H26N2O2/c1-4-15(21-16-9-7-6-8-14(16)3)17(20)19-12-10-18(5-2)11-13-19/h6-9,15H,4-5,10-13H2,1-3H3/t15-/m1/s1. The second-order valence-electron chi connectivity index (χ2n) is 5.54. The number of amides is 1. The molecular formula is C17H26N2O2. The molecule has 1 atom stereocenters. The fraction of sp³-hybridized carbons (Fsp3) is 0.588. The number of hydrogen-bond donors (Lipinski definition) is 0. The minimum atomic E-state index is -0.376. The molecule has 2 rings (SSSR count). The van der Waals surface area contributed by atoms with Crippen LogP contribution in [0, 0.1) is 6.92 Å². The average molecular weight is 290 g/mol. The van der Waals surface area contributed by atoms with E-state index in [0.29, 0.717) is 6.42 Å². The van der Waals surface area contributed by atoms with Gasteiger partial charge in [-0.15, -0.1) is 0 Å². The third-order valence-corrected chi connectivity index (χ3v) is 4.14. The summed E-state index contributed by atoms with van der Waals surface area (Å²) in [5, 5.41) is 0. The van der Waals surface area contributed by atoms with Crippen LogP contribution in [-0.4, -0.2) is 54.5 Å². The largest absolute Gasteiger partial charge is 0.480 e. The number of aryl methyl sites for hydroxylation is 1. The molecule has 0 radical (unpaired) electrons. The Kier molecular flexibility index (Phi) is 5.62. The molecule has 21 heavy (non-hydrogen) atoms. The molecule has 4 heteroatoms. The van der Waals surface area contributed by atoms with Gasteiger partial charge in [-0.05, 0) is 31.5 Å². The highest BCUT2D eigenvalue weighted by Crippen LogP contribution is 2.20. The quantitative estimate of drug-likeness (QED) is 0.834. The van der Waals surface area contributed by atoms with Crippen LogP contribution in [0.2, 0.25) is 0 Å². The van der Waals surface area contributed by atoms with E-state index in [1.54, 1.807) is 0 Å².